The number of methoxy groups -OCH3 is 1. The zero-order chi connectivity index (χ0) is 15.3. The number of rotatable bonds is 7. The summed E-state index contributed by atoms with van der Waals surface area (Å²) < 4.78 is 4.92. The van der Waals surface area contributed by atoms with Crippen molar-refractivity contribution in [1.82, 2.24) is 20.5 Å². The van der Waals surface area contributed by atoms with E-state index in [4.69, 9.17) is 4.74 Å². The second-order valence-electron chi connectivity index (χ2n) is 5.46. The lowest BCUT2D eigenvalue weighted by molar-refractivity contribution is -0.148. The van der Waals surface area contributed by atoms with Gasteiger partial charge in [-0.3, -0.25) is 15.2 Å². The van der Waals surface area contributed by atoms with Crippen molar-refractivity contribution in [2.75, 3.05) is 7.11 Å². The number of ether oxygens (including phenoxy) is 1. The van der Waals surface area contributed by atoms with Gasteiger partial charge in [-0.15, -0.1) is 5.10 Å². The first-order valence-corrected chi connectivity index (χ1v) is 7.56. The second kappa shape index (κ2) is 7.08. The largest absolute Gasteiger partial charge is 0.468 e. The Morgan fingerprint density at radius 3 is 2.60 bits per heavy atom. The number of esters is 1. The lowest BCUT2D eigenvalue weighted by Gasteiger charge is -2.32. The number of nitrogens with zero attached hydrogens (tertiary/aromatic N) is 2. The van der Waals surface area contributed by atoms with Crippen molar-refractivity contribution in [3.05, 3.63) is 5.82 Å². The van der Waals surface area contributed by atoms with Gasteiger partial charge >= 0.3 is 5.97 Å². The third-order valence-electron chi connectivity index (χ3n) is 2.82. The van der Waals surface area contributed by atoms with Gasteiger partial charge in [0.05, 0.1) is 7.11 Å². The molecule has 7 heteroatoms. The summed E-state index contributed by atoms with van der Waals surface area (Å²) in [5.74, 6) is 0.542. The van der Waals surface area contributed by atoms with Crippen LogP contribution >= 0.6 is 11.8 Å². The summed E-state index contributed by atoms with van der Waals surface area (Å²) in [5.41, 5.74) is -0.708. The maximum atomic E-state index is 12.0. The van der Waals surface area contributed by atoms with Crippen LogP contribution in [0.25, 0.3) is 0 Å². The molecule has 0 saturated heterocycles. The Morgan fingerprint density at radius 1 is 1.50 bits per heavy atom. The molecular formula is C13H24N4O2S. The number of carbonyl (C=O) groups excluding carboxylic acids is 1. The first kappa shape index (κ1) is 17.0. The van der Waals surface area contributed by atoms with Crippen molar-refractivity contribution >= 4 is 17.7 Å². The first-order chi connectivity index (χ1) is 9.26. The molecule has 0 amide bonds. The smallest absolute Gasteiger partial charge is 0.325 e. The molecule has 0 aliphatic rings. The van der Waals surface area contributed by atoms with Crippen LogP contribution in [0.3, 0.4) is 0 Å². The van der Waals surface area contributed by atoms with Crippen molar-refractivity contribution in [1.29, 1.82) is 0 Å². The fraction of sp³-hybridized carbons (Fsp3) is 0.769. The Hall–Kier alpha value is -1.08. The number of aromatic nitrogens is 3. The molecular weight excluding hydrogens is 276 g/mol. The molecule has 0 aromatic carbocycles. The zero-order valence-electron chi connectivity index (χ0n) is 13.0. The number of thioether (sulfide) groups is 1. The molecule has 2 unspecified atom stereocenters. The molecule has 0 fully saturated rings. The van der Waals surface area contributed by atoms with E-state index in [-0.39, 0.29) is 17.3 Å². The molecule has 0 aliphatic heterocycles. The quantitative estimate of drug-likeness (QED) is 0.591. The van der Waals surface area contributed by atoms with Gasteiger partial charge in [0.1, 0.15) is 11.4 Å². The first-order valence-electron chi connectivity index (χ1n) is 6.68. The molecule has 1 aromatic heterocycles. The van der Waals surface area contributed by atoms with E-state index in [1.165, 1.54) is 7.11 Å². The van der Waals surface area contributed by atoms with Crippen molar-refractivity contribution in [2.45, 2.75) is 63.0 Å². The summed E-state index contributed by atoms with van der Waals surface area (Å²) in [4.78, 5) is 16.3. The number of hydrogen-bond acceptors (Lipinski definition) is 6. The minimum Gasteiger partial charge on any atom is -0.468 e. The molecule has 2 atom stereocenters. The number of H-pyrrole nitrogens is 1. The summed E-state index contributed by atoms with van der Waals surface area (Å²) in [6.07, 6.45) is 0.635. The molecule has 1 rings (SSSR count). The van der Waals surface area contributed by atoms with E-state index in [2.05, 4.69) is 27.4 Å². The van der Waals surface area contributed by atoms with E-state index in [0.29, 0.717) is 11.6 Å². The van der Waals surface area contributed by atoms with Gasteiger partial charge in [-0.2, -0.15) is 0 Å². The minimum atomic E-state index is -0.708. The lowest BCUT2D eigenvalue weighted by Crippen LogP contribution is -2.54. The molecule has 6 nitrogen and oxygen atoms in total. The van der Waals surface area contributed by atoms with Crippen LogP contribution in [0.1, 0.15) is 39.9 Å². The van der Waals surface area contributed by atoms with Crippen LogP contribution in [0.15, 0.2) is 5.16 Å². The molecule has 0 aliphatic carbocycles. The molecule has 0 spiro atoms. The molecule has 20 heavy (non-hydrogen) atoms. The Bertz CT molecular complexity index is 449. The highest BCUT2D eigenvalue weighted by atomic mass is 32.2. The molecule has 0 bridgehead atoms. The van der Waals surface area contributed by atoms with E-state index in [0.717, 1.165) is 5.82 Å². The summed E-state index contributed by atoms with van der Waals surface area (Å²) in [5, 5.41) is 11.1. The van der Waals surface area contributed by atoms with Crippen molar-refractivity contribution in [3.8, 4) is 0 Å². The number of nitrogens with one attached hydrogen (secondary N) is 2. The molecule has 0 saturated carbocycles. The van der Waals surface area contributed by atoms with Gasteiger partial charge in [0.25, 0.3) is 0 Å². The Balaban J connectivity index is 2.71. The van der Waals surface area contributed by atoms with Gasteiger partial charge in [0, 0.05) is 11.3 Å². The van der Waals surface area contributed by atoms with E-state index in [1.807, 2.05) is 27.7 Å². The van der Waals surface area contributed by atoms with Gasteiger partial charge in [0.2, 0.25) is 5.16 Å². The highest BCUT2D eigenvalue weighted by Gasteiger charge is 2.36. The highest BCUT2D eigenvalue weighted by Crippen LogP contribution is 2.27. The van der Waals surface area contributed by atoms with Crippen LogP contribution < -0.4 is 5.32 Å². The summed E-state index contributed by atoms with van der Waals surface area (Å²) in [6, 6.07) is 0.196. The van der Waals surface area contributed by atoms with E-state index >= 15 is 0 Å². The normalized spacial score (nSPS) is 15.9. The van der Waals surface area contributed by atoms with Gasteiger partial charge in [-0.25, -0.2) is 4.98 Å². The highest BCUT2D eigenvalue weighted by molar-refractivity contribution is 7.99. The van der Waals surface area contributed by atoms with Gasteiger partial charge < -0.3 is 4.74 Å². The zero-order valence-corrected chi connectivity index (χ0v) is 13.8. The van der Waals surface area contributed by atoms with Gasteiger partial charge in [-0.05, 0) is 34.1 Å². The van der Waals surface area contributed by atoms with Gasteiger partial charge in [-0.1, -0.05) is 18.7 Å². The second-order valence-corrected chi connectivity index (χ2v) is 6.86. The summed E-state index contributed by atoms with van der Waals surface area (Å²) in [7, 11) is 1.42. The predicted molar refractivity (Wildman–Crippen MR) is 79.7 cm³/mol. The monoisotopic (exact) mass is 300 g/mol. The van der Waals surface area contributed by atoms with E-state index < -0.39 is 5.54 Å². The molecule has 114 valence electrons. The molecule has 1 aromatic rings. The maximum Gasteiger partial charge on any atom is 0.325 e. The van der Waals surface area contributed by atoms with Crippen LogP contribution in [0.5, 0.6) is 0 Å². The number of hydrogen-bond donors (Lipinski definition) is 2. The standard InChI is InChI=1S/C13H24N4O2S/c1-8(2)15-13(5,11(18)19-6)7-9(3)20-12-14-10(4)16-17-12/h8-9,15H,7H2,1-6H3,(H,14,16,17). The third-order valence-corrected chi connectivity index (χ3v) is 3.78. The average Bonchev–Trinajstić information content (AvgIpc) is 2.71. The van der Waals surface area contributed by atoms with Crippen molar-refractivity contribution in [2.24, 2.45) is 0 Å². The molecule has 0 radical (unpaired) electrons. The van der Waals surface area contributed by atoms with Crippen molar-refractivity contribution in [3.63, 3.8) is 0 Å². The van der Waals surface area contributed by atoms with Crippen LogP contribution in [-0.2, 0) is 9.53 Å². The lowest BCUT2D eigenvalue weighted by atomic mass is 9.95. The van der Waals surface area contributed by atoms with Gasteiger partial charge in [0.15, 0.2) is 0 Å². The van der Waals surface area contributed by atoms with Crippen LogP contribution in [0, 0.1) is 6.92 Å². The fourth-order valence-electron chi connectivity index (χ4n) is 2.24. The number of aryl methyl sites for hydroxylation is 1. The Kier molecular flexibility index (Phi) is 6.01. The fourth-order valence-corrected chi connectivity index (χ4v) is 3.30. The Labute approximate surface area is 124 Å². The maximum absolute atomic E-state index is 12.0. The average molecular weight is 300 g/mol. The third kappa shape index (κ3) is 4.79. The summed E-state index contributed by atoms with van der Waals surface area (Å²) >= 11 is 1.55. The van der Waals surface area contributed by atoms with Crippen LogP contribution in [-0.4, -0.2) is 45.1 Å². The Morgan fingerprint density at radius 2 is 2.15 bits per heavy atom. The minimum absolute atomic E-state index is 0.181. The van der Waals surface area contributed by atoms with Crippen LogP contribution in [0.2, 0.25) is 0 Å². The van der Waals surface area contributed by atoms with E-state index in [1.54, 1.807) is 11.8 Å². The summed E-state index contributed by atoms with van der Waals surface area (Å²) in [6.45, 7) is 9.81. The number of carbonyl (C=O) groups is 1. The molecule has 2 N–H and O–H groups in total. The van der Waals surface area contributed by atoms with Crippen LogP contribution in [0.4, 0.5) is 0 Å². The topological polar surface area (TPSA) is 79.9 Å². The SMILES string of the molecule is COC(=O)C(C)(CC(C)Sc1n[nH]c(C)n1)NC(C)C. The van der Waals surface area contributed by atoms with E-state index in [9.17, 15) is 4.79 Å². The van der Waals surface area contributed by atoms with Crippen molar-refractivity contribution < 1.29 is 9.53 Å². The number of aromatic amines is 1. The molecule has 1 heterocycles. The predicted octanol–water partition coefficient (Wildman–Crippen LogP) is 1.91.